The maximum atomic E-state index is 12.7. The van der Waals surface area contributed by atoms with Gasteiger partial charge in [0.2, 0.25) is 11.8 Å². The van der Waals surface area contributed by atoms with E-state index in [2.05, 4.69) is 5.32 Å². The van der Waals surface area contributed by atoms with Crippen LogP contribution in [0.2, 0.25) is 0 Å². The van der Waals surface area contributed by atoms with Gasteiger partial charge in [0.05, 0.1) is 25.2 Å². The van der Waals surface area contributed by atoms with E-state index >= 15 is 0 Å². The highest BCUT2D eigenvalue weighted by Crippen LogP contribution is 2.27. The van der Waals surface area contributed by atoms with Crippen molar-refractivity contribution >= 4 is 23.5 Å². The van der Waals surface area contributed by atoms with Gasteiger partial charge in [-0.1, -0.05) is 6.07 Å². The van der Waals surface area contributed by atoms with Crippen LogP contribution in [0.4, 0.5) is 10.5 Å². The average Bonchev–Trinajstić information content (AvgIpc) is 3.05. The molecule has 0 radical (unpaired) electrons. The molecule has 1 N–H and O–H groups in total. The Morgan fingerprint density at radius 1 is 1.03 bits per heavy atom. The number of aryl methyl sites for hydroxylation is 2. The third-order valence-corrected chi connectivity index (χ3v) is 6.18. The van der Waals surface area contributed by atoms with Gasteiger partial charge in [0.15, 0.2) is 0 Å². The van der Waals surface area contributed by atoms with Gasteiger partial charge in [0.25, 0.3) is 0 Å². The molecule has 1 aromatic carbocycles. The van der Waals surface area contributed by atoms with E-state index in [4.69, 9.17) is 4.74 Å². The summed E-state index contributed by atoms with van der Waals surface area (Å²) in [6.45, 7) is 7.81. The molecule has 3 heterocycles. The van der Waals surface area contributed by atoms with Gasteiger partial charge in [-0.3, -0.25) is 9.59 Å². The van der Waals surface area contributed by atoms with Gasteiger partial charge in [-0.15, -0.1) is 0 Å². The Balaban J connectivity index is 1.28. The molecule has 0 aliphatic carbocycles. The van der Waals surface area contributed by atoms with E-state index in [-0.39, 0.29) is 36.2 Å². The number of urea groups is 1. The summed E-state index contributed by atoms with van der Waals surface area (Å²) in [6.07, 6.45) is 0.265. The number of anilines is 1. The van der Waals surface area contributed by atoms with Crippen molar-refractivity contribution in [3.05, 3.63) is 29.3 Å². The van der Waals surface area contributed by atoms with Gasteiger partial charge in [0, 0.05) is 44.8 Å². The SMILES string of the molecule is Cc1ccc(NC(=O)N2CC(N3CC(C(=O)N4CCOCC4)CC3=O)C2)cc1C. The van der Waals surface area contributed by atoms with E-state index < -0.39 is 0 Å². The summed E-state index contributed by atoms with van der Waals surface area (Å²) in [4.78, 5) is 42.8. The second-order valence-electron chi connectivity index (χ2n) is 8.17. The molecule has 0 bridgehead atoms. The molecule has 3 aliphatic rings. The molecular weight excluding hydrogens is 372 g/mol. The van der Waals surface area contributed by atoms with E-state index in [0.717, 1.165) is 11.3 Å². The molecule has 1 unspecified atom stereocenters. The minimum Gasteiger partial charge on any atom is -0.378 e. The first kappa shape index (κ1) is 19.7. The second kappa shape index (κ2) is 8.02. The first-order valence-electron chi connectivity index (χ1n) is 10.2. The number of nitrogens with zero attached hydrogens (tertiary/aromatic N) is 3. The van der Waals surface area contributed by atoms with Crippen LogP contribution in [0, 0.1) is 19.8 Å². The van der Waals surface area contributed by atoms with Crippen LogP contribution < -0.4 is 5.32 Å². The smallest absolute Gasteiger partial charge is 0.321 e. The van der Waals surface area contributed by atoms with Crippen LogP contribution in [0.5, 0.6) is 0 Å². The molecule has 4 amide bonds. The number of carbonyl (C=O) groups excluding carboxylic acids is 3. The van der Waals surface area contributed by atoms with Crippen LogP contribution in [0.25, 0.3) is 0 Å². The number of morpholine rings is 1. The Morgan fingerprint density at radius 3 is 2.45 bits per heavy atom. The van der Waals surface area contributed by atoms with Crippen molar-refractivity contribution in [1.29, 1.82) is 0 Å². The van der Waals surface area contributed by atoms with Crippen molar-refractivity contribution in [3.8, 4) is 0 Å². The van der Waals surface area contributed by atoms with Crippen LogP contribution >= 0.6 is 0 Å². The lowest BCUT2D eigenvalue weighted by atomic mass is 10.1. The fraction of sp³-hybridized carbons (Fsp3) is 0.571. The summed E-state index contributed by atoms with van der Waals surface area (Å²) in [7, 11) is 0. The van der Waals surface area contributed by atoms with Crippen molar-refractivity contribution in [2.75, 3.05) is 51.3 Å². The maximum absolute atomic E-state index is 12.7. The molecule has 8 heteroatoms. The minimum atomic E-state index is -0.279. The third-order valence-electron chi connectivity index (χ3n) is 6.18. The largest absolute Gasteiger partial charge is 0.378 e. The molecule has 0 aromatic heterocycles. The number of ether oxygens (including phenoxy) is 1. The average molecular weight is 400 g/mol. The third kappa shape index (κ3) is 4.07. The molecule has 1 atom stereocenters. The Bertz CT molecular complexity index is 815. The Morgan fingerprint density at radius 2 is 1.76 bits per heavy atom. The van der Waals surface area contributed by atoms with Crippen molar-refractivity contribution in [2.45, 2.75) is 26.3 Å². The van der Waals surface area contributed by atoms with Crippen LogP contribution in [0.3, 0.4) is 0 Å². The summed E-state index contributed by atoms with van der Waals surface area (Å²) in [5.41, 5.74) is 3.08. The van der Waals surface area contributed by atoms with Gasteiger partial charge in [-0.05, 0) is 37.1 Å². The Kier molecular flexibility index (Phi) is 5.45. The molecule has 3 fully saturated rings. The highest BCUT2D eigenvalue weighted by Gasteiger charge is 2.44. The number of likely N-dealkylation sites (tertiary alicyclic amines) is 2. The van der Waals surface area contributed by atoms with Crippen molar-refractivity contribution in [1.82, 2.24) is 14.7 Å². The monoisotopic (exact) mass is 400 g/mol. The lowest BCUT2D eigenvalue weighted by Gasteiger charge is -2.43. The highest BCUT2D eigenvalue weighted by molar-refractivity contribution is 5.91. The van der Waals surface area contributed by atoms with Gasteiger partial charge in [-0.2, -0.15) is 0 Å². The number of hydrogen-bond donors (Lipinski definition) is 1. The van der Waals surface area contributed by atoms with Crippen molar-refractivity contribution in [2.24, 2.45) is 5.92 Å². The second-order valence-corrected chi connectivity index (χ2v) is 8.17. The number of benzene rings is 1. The lowest BCUT2D eigenvalue weighted by Crippen LogP contribution is -2.62. The van der Waals surface area contributed by atoms with Gasteiger partial charge < -0.3 is 24.8 Å². The van der Waals surface area contributed by atoms with Crippen molar-refractivity contribution in [3.63, 3.8) is 0 Å². The lowest BCUT2D eigenvalue weighted by molar-refractivity contribution is -0.139. The predicted octanol–water partition coefficient (Wildman–Crippen LogP) is 1.23. The van der Waals surface area contributed by atoms with Crippen LogP contribution in [-0.2, 0) is 14.3 Å². The molecular formula is C21H28N4O4. The zero-order valence-electron chi connectivity index (χ0n) is 17.0. The number of nitrogens with one attached hydrogen (secondary N) is 1. The summed E-state index contributed by atoms with van der Waals surface area (Å²) in [5.74, 6) is -0.220. The molecule has 3 aliphatic heterocycles. The topological polar surface area (TPSA) is 82.2 Å². The first-order chi connectivity index (χ1) is 13.9. The molecule has 4 rings (SSSR count). The van der Waals surface area contributed by atoms with E-state index in [1.807, 2.05) is 32.0 Å². The zero-order chi connectivity index (χ0) is 20.5. The Hall–Kier alpha value is -2.61. The predicted molar refractivity (Wildman–Crippen MR) is 108 cm³/mol. The van der Waals surface area contributed by atoms with Gasteiger partial charge >= 0.3 is 6.03 Å². The summed E-state index contributed by atoms with van der Waals surface area (Å²) in [5, 5.41) is 2.92. The van der Waals surface area contributed by atoms with Crippen LogP contribution in [0.15, 0.2) is 18.2 Å². The van der Waals surface area contributed by atoms with Crippen LogP contribution in [0.1, 0.15) is 17.5 Å². The van der Waals surface area contributed by atoms with E-state index in [0.29, 0.717) is 45.9 Å². The molecule has 29 heavy (non-hydrogen) atoms. The molecule has 1 aromatic rings. The molecule has 8 nitrogen and oxygen atoms in total. The van der Waals surface area contributed by atoms with E-state index in [1.165, 1.54) is 5.56 Å². The summed E-state index contributed by atoms with van der Waals surface area (Å²) in [6, 6.07) is 5.67. The molecule has 3 saturated heterocycles. The fourth-order valence-corrected chi connectivity index (χ4v) is 4.13. The van der Waals surface area contributed by atoms with Gasteiger partial charge in [-0.25, -0.2) is 4.79 Å². The normalized spacial score (nSPS) is 22.6. The zero-order valence-corrected chi connectivity index (χ0v) is 17.0. The molecule has 0 saturated carbocycles. The highest BCUT2D eigenvalue weighted by atomic mass is 16.5. The fourth-order valence-electron chi connectivity index (χ4n) is 4.13. The maximum Gasteiger partial charge on any atom is 0.321 e. The van der Waals surface area contributed by atoms with E-state index in [1.54, 1.807) is 14.7 Å². The Labute approximate surface area is 170 Å². The summed E-state index contributed by atoms with van der Waals surface area (Å²) >= 11 is 0. The number of rotatable bonds is 3. The van der Waals surface area contributed by atoms with Crippen LogP contribution in [-0.4, -0.2) is 84.5 Å². The van der Waals surface area contributed by atoms with Crippen molar-refractivity contribution < 1.29 is 19.1 Å². The minimum absolute atomic E-state index is 0.00417. The molecule has 0 spiro atoms. The molecule has 156 valence electrons. The number of amides is 4. The quantitative estimate of drug-likeness (QED) is 0.827. The standard InChI is InChI=1S/C21H28N4O4/c1-14-3-4-17(9-15(14)2)22-21(28)24-12-18(13-24)25-11-16(10-19(25)26)20(27)23-5-7-29-8-6-23/h3-4,9,16,18H,5-8,10-13H2,1-2H3,(H,22,28). The summed E-state index contributed by atoms with van der Waals surface area (Å²) < 4.78 is 5.29. The van der Waals surface area contributed by atoms with E-state index in [9.17, 15) is 14.4 Å². The number of carbonyl (C=O) groups is 3. The first-order valence-corrected chi connectivity index (χ1v) is 10.2. The van der Waals surface area contributed by atoms with Gasteiger partial charge in [0.1, 0.15) is 0 Å². The number of hydrogen-bond acceptors (Lipinski definition) is 4.